The van der Waals surface area contributed by atoms with Gasteiger partial charge in [-0.15, -0.1) is 0 Å². The zero-order valence-corrected chi connectivity index (χ0v) is 11.4. The molecule has 2 atom stereocenters. The van der Waals surface area contributed by atoms with E-state index in [1.807, 2.05) is 0 Å². The lowest BCUT2D eigenvalue weighted by molar-refractivity contribution is -0.137. The molecule has 3 N–H and O–H groups in total. The van der Waals surface area contributed by atoms with E-state index in [9.17, 15) is 23.1 Å². The van der Waals surface area contributed by atoms with Gasteiger partial charge in [-0.2, -0.15) is 13.2 Å². The smallest absolute Gasteiger partial charge is 0.387 e. The number of carbonyl (C=O) groups excluding carboxylic acids is 1. The highest BCUT2D eigenvalue weighted by Crippen LogP contribution is 2.34. The van der Waals surface area contributed by atoms with Crippen LogP contribution < -0.4 is 10.6 Å². The molecule has 0 radical (unpaired) electrons. The average molecular weight is 290 g/mol. The molecule has 0 aromatic heterocycles. The molecule has 1 rings (SSSR count). The minimum atomic E-state index is -4.51. The minimum absolute atomic E-state index is 0.0249. The minimum Gasteiger partial charge on any atom is -0.387 e. The number of amides is 1. The van der Waals surface area contributed by atoms with Crippen molar-refractivity contribution in [2.45, 2.75) is 32.2 Å². The van der Waals surface area contributed by atoms with Gasteiger partial charge in [0, 0.05) is 24.2 Å². The SMILES string of the molecule is CNC(C)C(O)c1cc(C(F)(F)F)ccc1NC(C)=O. The Bertz CT molecular complexity index is 489. The molecule has 0 fully saturated rings. The lowest BCUT2D eigenvalue weighted by atomic mass is 9.98. The van der Waals surface area contributed by atoms with Gasteiger partial charge in [0.25, 0.3) is 0 Å². The summed E-state index contributed by atoms with van der Waals surface area (Å²) in [6, 6.07) is 2.39. The second-order valence-electron chi connectivity index (χ2n) is 4.50. The Balaban J connectivity index is 3.29. The van der Waals surface area contributed by atoms with Crippen molar-refractivity contribution >= 4 is 11.6 Å². The zero-order chi connectivity index (χ0) is 15.5. The molecular weight excluding hydrogens is 273 g/mol. The summed E-state index contributed by atoms with van der Waals surface area (Å²) in [7, 11) is 1.58. The summed E-state index contributed by atoms with van der Waals surface area (Å²) < 4.78 is 38.2. The quantitative estimate of drug-likeness (QED) is 0.797. The molecule has 1 aromatic rings. The van der Waals surface area contributed by atoms with Crippen molar-refractivity contribution in [3.63, 3.8) is 0 Å². The zero-order valence-electron chi connectivity index (χ0n) is 11.4. The van der Waals surface area contributed by atoms with Crippen molar-refractivity contribution in [3.05, 3.63) is 29.3 Å². The van der Waals surface area contributed by atoms with E-state index in [1.165, 1.54) is 6.92 Å². The van der Waals surface area contributed by atoms with Gasteiger partial charge in [0.05, 0.1) is 11.7 Å². The Labute approximate surface area is 115 Å². The molecule has 0 aliphatic rings. The molecule has 0 saturated heterocycles. The van der Waals surface area contributed by atoms with Crippen molar-refractivity contribution in [1.29, 1.82) is 0 Å². The fourth-order valence-corrected chi connectivity index (χ4v) is 1.71. The summed E-state index contributed by atoms with van der Waals surface area (Å²) in [5, 5.41) is 15.3. The van der Waals surface area contributed by atoms with Crippen LogP contribution in [-0.2, 0) is 11.0 Å². The van der Waals surface area contributed by atoms with Crippen LogP contribution in [0.2, 0.25) is 0 Å². The lowest BCUT2D eigenvalue weighted by Crippen LogP contribution is -2.29. The van der Waals surface area contributed by atoms with E-state index in [0.29, 0.717) is 0 Å². The van der Waals surface area contributed by atoms with Crippen LogP contribution in [0.5, 0.6) is 0 Å². The van der Waals surface area contributed by atoms with Crippen LogP contribution in [0.3, 0.4) is 0 Å². The van der Waals surface area contributed by atoms with Crippen molar-refractivity contribution in [2.24, 2.45) is 0 Å². The Kier molecular flexibility index (Phi) is 5.13. The fourth-order valence-electron chi connectivity index (χ4n) is 1.71. The fraction of sp³-hybridized carbons (Fsp3) is 0.462. The number of carbonyl (C=O) groups is 1. The van der Waals surface area contributed by atoms with Gasteiger partial charge in [-0.05, 0) is 32.2 Å². The molecule has 0 heterocycles. The van der Waals surface area contributed by atoms with Gasteiger partial charge in [-0.25, -0.2) is 0 Å². The number of aliphatic hydroxyl groups excluding tert-OH is 1. The number of halogens is 3. The van der Waals surface area contributed by atoms with Crippen LogP contribution >= 0.6 is 0 Å². The number of nitrogens with one attached hydrogen (secondary N) is 2. The highest BCUT2D eigenvalue weighted by molar-refractivity contribution is 5.89. The van der Waals surface area contributed by atoms with Gasteiger partial charge in [0.2, 0.25) is 5.91 Å². The van der Waals surface area contributed by atoms with Crippen LogP contribution in [0.4, 0.5) is 18.9 Å². The molecule has 1 aromatic carbocycles. The monoisotopic (exact) mass is 290 g/mol. The maximum Gasteiger partial charge on any atom is 0.416 e. The van der Waals surface area contributed by atoms with E-state index >= 15 is 0 Å². The summed E-state index contributed by atoms with van der Waals surface area (Å²) in [5.41, 5.74) is -0.680. The van der Waals surface area contributed by atoms with Gasteiger partial charge in [-0.1, -0.05) is 0 Å². The number of benzene rings is 1. The number of hydrogen-bond acceptors (Lipinski definition) is 3. The molecule has 0 saturated carbocycles. The summed E-state index contributed by atoms with van der Waals surface area (Å²) in [4.78, 5) is 11.1. The number of alkyl halides is 3. The van der Waals surface area contributed by atoms with E-state index in [2.05, 4.69) is 10.6 Å². The van der Waals surface area contributed by atoms with Crippen LogP contribution in [0.25, 0.3) is 0 Å². The third kappa shape index (κ3) is 3.94. The highest BCUT2D eigenvalue weighted by atomic mass is 19.4. The Hall–Kier alpha value is -1.60. The lowest BCUT2D eigenvalue weighted by Gasteiger charge is -2.22. The van der Waals surface area contributed by atoms with E-state index in [4.69, 9.17) is 0 Å². The molecule has 0 bridgehead atoms. The average Bonchev–Trinajstić information content (AvgIpc) is 2.35. The molecule has 0 spiro atoms. The first-order valence-corrected chi connectivity index (χ1v) is 6.01. The maximum atomic E-state index is 12.7. The largest absolute Gasteiger partial charge is 0.416 e. The summed E-state index contributed by atoms with van der Waals surface area (Å²) in [6.45, 7) is 2.87. The number of hydrogen-bond donors (Lipinski definition) is 3. The topological polar surface area (TPSA) is 61.4 Å². The number of rotatable bonds is 4. The van der Waals surface area contributed by atoms with Crippen molar-refractivity contribution in [2.75, 3.05) is 12.4 Å². The number of aliphatic hydroxyl groups is 1. The van der Waals surface area contributed by atoms with E-state index < -0.39 is 29.8 Å². The first kappa shape index (κ1) is 16.5. The second kappa shape index (κ2) is 6.23. The second-order valence-corrected chi connectivity index (χ2v) is 4.50. The van der Waals surface area contributed by atoms with Crippen LogP contribution in [-0.4, -0.2) is 24.1 Å². The predicted octanol–water partition coefficient (Wildman–Crippen LogP) is 2.31. The van der Waals surface area contributed by atoms with Crippen molar-refractivity contribution in [1.82, 2.24) is 5.32 Å². The normalized spacial score (nSPS) is 14.8. The van der Waals surface area contributed by atoms with Gasteiger partial charge >= 0.3 is 6.18 Å². The van der Waals surface area contributed by atoms with Crippen LogP contribution in [0.1, 0.15) is 31.1 Å². The molecular formula is C13H17F3N2O2. The van der Waals surface area contributed by atoms with E-state index in [0.717, 1.165) is 18.2 Å². The molecule has 1 amide bonds. The molecule has 112 valence electrons. The molecule has 0 aliphatic heterocycles. The first-order chi connectivity index (χ1) is 9.16. The van der Waals surface area contributed by atoms with E-state index in [1.54, 1.807) is 14.0 Å². The predicted molar refractivity (Wildman–Crippen MR) is 69.2 cm³/mol. The van der Waals surface area contributed by atoms with Gasteiger partial charge in [-0.3, -0.25) is 4.79 Å². The Morgan fingerprint density at radius 2 is 1.95 bits per heavy atom. The summed E-state index contributed by atoms with van der Waals surface area (Å²) in [6.07, 6.45) is -5.68. The molecule has 2 unspecified atom stereocenters. The Morgan fingerprint density at radius 3 is 2.40 bits per heavy atom. The molecule has 0 aliphatic carbocycles. The van der Waals surface area contributed by atoms with Gasteiger partial charge in [0.15, 0.2) is 0 Å². The third-order valence-corrected chi connectivity index (χ3v) is 2.94. The maximum absolute atomic E-state index is 12.7. The van der Waals surface area contributed by atoms with E-state index in [-0.39, 0.29) is 11.3 Å². The highest BCUT2D eigenvalue weighted by Gasteiger charge is 2.32. The summed E-state index contributed by atoms with van der Waals surface area (Å²) >= 11 is 0. The van der Waals surface area contributed by atoms with Crippen molar-refractivity contribution in [3.8, 4) is 0 Å². The third-order valence-electron chi connectivity index (χ3n) is 2.94. The number of likely N-dealkylation sites (N-methyl/N-ethyl adjacent to an activating group) is 1. The molecule has 4 nitrogen and oxygen atoms in total. The molecule has 20 heavy (non-hydrogen) atoms. The number of anilines is 1. The summed E-state index contributed by atoms with van der Waals surface area (Å²) in [5.74, 6) is -0.421. The van der Waals surface area contributed by atoms with Crippen LogP contribution in [0, 0.1) is 0 Å². The Morgan fingerprint density at radius 1 is 1.35 bits per heavy atom. The first-order valence-electron chi connectivity index (χ1n) is 6.01. The standard InChI is InChI=1S/C13H17F3N2O2/c1-7(17-3)12(20)10-6-9(13(14,15)16)4-5-11(10)18-8(2)19/h4-7,12,17,20H,1-3H3,(H,18,19). The molecule has 7 heteroatoms. The van der Waals surface area contributed by atoms with Crippen LogP contribution in [0.15, 0.2) is 18.2 Å². The van der Waals surface area contributed by atoms with Crippen molar-refractivity contribution < 1.29 is 23.1 Å². The van der Waals surface area contributed by atoms with Gasteiger partial charge < -0.3 is 15.7 Å². The van der Waals surface area contributed by atoms with Gasteiger partial charge in [0.1, 0.15) is 0 Å².